The Labute approximate surface area is 93.7 Å². The van der Waals surface area contributed by atoms with E-state index in [1.807, 2.05) is 0 Å². The Hall–Kier alpha value is -0.130. The zero-order valence-electron chi connectivity index (χ0n) is 10.1. The lowest BCUT2D eigenvalue weighted by atomic mass is 10.3. The zero-order chi connectivity index (χ0) is 11.9. The first-order chi connectivity index (χ1) is 6.93. The van der Waals surface area contributed by atoms with Crippen LogP contribution in [0.2, 0.25) is 0 Å². The number of hydrogen-bond acceptors (Lipinski definition) is 4. The van der Waals surface area contributed by atoms with E-state index in [2.05, 4.69) is 18.7 Å². The second-order valence-electron chi connectivity index (χ2n) is 4.01. The Morgan fingerprint density at radius 1 is 1.27 bits per heavy atom. The number of nitrogens with two attached hydrogens (primary N) is 1. The van der Waals surface area contributed by atoms with E-state index in [9.17, 15) is 8.42 Å². The van der Waals surface area contributed by atoms with Crippen LogP contribution in [0.3, 0.4) is 0 Å². The molecular formula is C10H24N2O2S. The molecule has 0 atom stereocenters. The van der Waals surface area contributed by atoms with Gasteiger partial charge in [0, 0.05) is 18.3 Å². The Morgan fingerprint density at radius 2 is 1.87 bits per heavy atom. The van der Waals surface area contributed by atoms with Crippen molar-refractivity contribution in [1.82, 2.24) is 4.90 Å². The van der Waals surface area contributed by atoms with Gasteiger partial charge >= 0.3 is 0 Å². The van der Waals surface area contributed by atoms with Gasteiger partial charge in [-0.2, -0.15) is 0 Å². The van der Waals surface area contributed by atoms with Crippen molar-refractivity contribution in [3.8, 4) is 0 Å². The fourth-order valence-corrected chi connectivity index (χ4v) is 2.12. The molecule has 0 amide bonds. The van der Waals surface area contributed by atoms with Gasteiger partial charge in [-0.1, -0.05) is 6.92 Å². The van der Waals surface area contributed by atoms with E-state index < -0.39 is 9.84 Å². The summed E-state index contributed by atoms with van der Waals surface area (Å²) in [7, 11) is -2.85. The summed E-state index contributed by atoms with van der Waals surface area (Å²) < 4.78 is 22.7. The number of sulfone groups is 1. The fraction of sp³-hybridized carbons (Fsp3) is 1.00. The van der Waals surface area contributed by atoms with E-state index in [1.165, 1.54) is 0 Å². The highest BCUT2D eigenvalue weighted by Crippen LogP contribution is 2.01. The molecule has 0 bridgehead atoms. The van der Waals surface area contributed by atoms with E-state index in [-0.39, 0.29) is 11.5 Å². The smallest absolute Gasteiger partial charge is 0.151 e. The van der Waals surface area contributed by atoms with Gasteiger partial charge in [-0.05, 0) is 33.4 Å². The Balaban J connectivity index is 4.07. The first-order valence-electron chi connectivity index (χ1n) is 5.57. The predicted molar refractivity (Wildman–Crippen MR) is 64.7 cm³/mol. The summed E-state index contributed by atoms with van der Waals surface area (Å²) in [5, 5.41) is 0. The largest absolute Gasteiger partial charge is 0.330 e. The molecule has 0 aromatic rings. The summed E-state index contributed by atoms with van der Waals surface area (Å²) in [4.78, 5) is 2.17. The van der Waals surface area contributed by atoms with Gasteiger partial charge in [-0.15, -0.1) is 0 Å². The minimum absolute atomic E-state index is 0.232. The van der Waals surface area contributed by atoms with E-state index in [1.54, 1.807) is 6.92 Å². The molecule has 0 aliphatic carbocycles. The van der Waals surface area contributed by atoms with Gasteiger partial charge < -0.3 is 5.73 Å². The lowest BCUT2D eigenvalue weighted by Crippen LogP contribution is -2.36. The topological polar surface area (TPSA) is 63.4 Å². The Morgan fingerprint density at radius 3 is 2.27 bits per heavy atom. The molecule has 0 aliphatic heterocycles. The maximum absolute atomic E-state index is 11.3. The summed E-state index contributed by atoms with van der Waals surface area (Å²) in [6.07, 6.45) is 0.921. The van der Waals surface area contributed by atoms with Crippen LogP contribution in [0, 0.1) is 0 Å². The number of rotatable bonds is 8. The van der Waals surface area contributed by atoms with E-state index in [0.717, 1.165) is 13.0 Å². The van der Waals surface area contributed by atoms with Crippen molar-refractivity contribution in [2.45, 2.75) is 33.2 Å². The van der Waals surface area contributed by atoms with Crippen molar-refractivity contribution >= 4 is 9.84 Å². The molecule has 0 fully saturated rings. The van der Waals surface area contributed by atoms with Crippen molar-refractivity contribution < 1.29 is 8.42 Å². The molecule has 5 heteroatoms. The Kier molecular flexibility index (Phi) is 7.13. The molecule has 92 valence electrons. The third-order valence-electron chi connectivity index (χ3n) is 2.51. The van der Waals surface area contributed by atoms with Crippen LogP contribution in [-0.2, 0) is 9.84 Å². The second-order valence-corrected chi connectivity index (χ2v) is 6.48. The van der Waals surface area contributed by atoms with Crippen molar-refractivity contribution in [3.63, 3.8) is 0 Å². The van der Waals surface area contributed by atoms with Crippen LogP contribution < -0.4 is 5.73 Å². The summed E-state index contributed by atoms with van der Waals surface area (Å²) >= 11 is 0. The van der Waals surface area contributed by atoms with Gasteiger partial charge in [0.15, 0.2) is 9.84 Å². The van der Waals surface area contributed by atoms with Gasteiger partial charge in [0.05, 0.1) is 5.75 Å². The SMILES string of the molecule is CCS(=O)(=O)CCN(CCCN)C(C)C. The maximum Gasteiger partial charge on any atom is 0.151 e. The van der Waals surface area contributed by atoms with E-state index in [0.29, 0.717) is 19.1 Å². The Bertz CT molecular complexity index is 250. The highest BCUT2D eigenvalue weighted by Gasteiger charge is 2.13. The summed E-state index contributed by atoms with van der Waals surface area (Å²) in [6.45, 7) is 8.00. The molecular weight excluding hydrogens is 212 g/mol. The molecule has 0 aromatic heterocycles. The summed E-state index contributed by atoms with van der Waals surface area (Å²) in [5.74, 6) is 0.488. The summed E-state index contributed by atoms with van der Waals surface area (Å²) in [5.41, 5.74) is 5.44. The monoisotopic (exact) mass is 236 g/mol. The van der Waals surface area contributed by atoms with Crippen molar-refractivity contribution in [3.05, 3.63) is 0 Å². The van der Waals surface area contributed by atoms with E-state index >= 15 is 0 Å². The normalized spacial score (nSPS) is 12.7. The maximum atomic E-state index is 11.3. The standard InChI is InChI=1S/C10H24N2O2S/c1-4-15(13,14)9-8-12(10(2)3)7-5-6-11/h10H,4-9,11H2,1-3H3. The third kappa shape index (κ3) is 6.87. The summed E-state index contributed by atoms with van der Waals surface area (Å²) in [6, 6.07) is 0.378. The van der Waals surface area contributed by atoms with Crippen LogP contribution >= 0.6 is 0 Å². The van der Waals surface area contributed by atoms with Crippen molar-refractivity contribution in [1.29, 1.82) is 0 Å². The molecule has 0 spiro atoms. The first-order valence-corrected chi connectivity index (χ1v) is 7.39. The lowest BCUT2D eigenvalue weighted by Gasteiger charge is -2.25. The van der Waals surface area contributed by atoms with E-state index in [4.69, 9.17) is 5.73 Å². The predicted octanol–water partition coefficient (Wildman–Crippen LogP) is 0.480. The highest BCUT2D eigenvalue weighted by atomic mass is 32.2. The molecule has 15 heavy (non-hydrogen) atoms. The molecule has 0 saturated carbocycles. The van der Waals surface area contributed by atoms with Gasteiger partial charge in [-0.25, -0.2) is 8.42 Å². The van der Waals surface area contributed by atoms with Crippen molar-refractivity contribution in [2.24, 2.45) is 5.73 Å². The molecule has 0 aliphatic rings. The molecule has 0 heterocycles. The van der Waals surface area contributed by atoms with Crippen LogP contribution in [0.15, 0.2) is 0 Å². The van der Waals surface area contributed by atoms with Gasteiger partial charge in [0.1, 0.15) is 0 Å². The molecule has 0 unspecified atom stereocenters. The molecule has 0 saturated heterocycles. The van der Waals surface area contributed by atoms with Crippen LogP contribution in [0.5, 0.6) is 0 Å². The second kappa shape index (κ2) is 7.19. The number of hydrogen-bond donors (Lipinski definition) is 1. The minimum Gasteiger partial charge on any atom is -0.330 e. The highest BCUT2D eigenvalue weighted by molar-refractivity contribution is 7.91. The average Bonchev–Trinajstić information content (AvgIpc) is 2.17. The van der Waals surface area contributed by atoms with Crippen LogP contribution in [0.25, 0.3) is 0 Å². The first kappa shape index (κ1) is 14.9. The fourth-order valence-electron chi connectivity index (χ4n) is 1.32. The van der Waals surface area contributed by atoms with Gasteiger partial charge in [0.25, 0.3) is 0 Å². The van der Waals surface area contributed by atoms with Crippen LogP contribution in [0.1, 0.15) is 27.2 Å². The molecule has 0 radical (unpaired) electrons. The lowest BCUT2D eigenvalue weighted by molar-refractivity contribution is 0.233. The molecule has 0 rings (SSSR count). The van der Waals surface area contributed by atoms with Crippen LogP contribution in [-0.4, -0.2) is 50.5 Å². The van der Waals surface area contributed by atoms with Crippen molar-refractivity contribution in [2.75, 3.05) is 31.1 Å². The zero-order valence-corrected chi connectivity index (χ0v) is 10.9. The van der Waals surface area contributed by atoms with Gasteiger partial charge in [-0.3, -0.25) is 4.90 Å². The quantitative estimate of drug-likeness (QED) is 0.666. The average molecular weight is 236 g/mol. The van der Waals surface area contributed by atoms with Gasteiger partial charge in [0.2, 0.25) is 0 Å². The minimum atomic E-state index is -2.85. The molecule has 2 N–H and O–H groups in total. The molecule has 0 aromatic carbocycles. The number of nitrogens with zero attached hydrogens (tertiary/aromatic N) is 1. The third-order valence-corrected chi connectivity index (χ3v) is 4.19. The van der Waals surface area contributed by atoms with Crippen LogP contribution in [0.4, 0.5) is 0 Å². The molecule has 4 nitrogen and oxygen atoms in total.